The van der Waals surface area contributed by atoms with Crippen LogP contribution < -0.4 is 0 Å². The second kappa shape index (κ2) is 4.36. The third-order valence-electron chi connectivity index (χ3n) is 3.93. The second-order valence-electron chi connectivity index (χ2n) is 5.08. The van der Waals surface area contributed by atoms with Crippen molar-refractivity contribution in [3.05, 3.63) is 83.1 Å². The number of allylic oxidation sites excluding steroid dienone is 4. The standard InChI is InChI=1S/C18H14Si/c1-2-8-13(7-1)19-18-16-11-5-3-9-14(16)15-10-4-6-12-17(15)18/h1-7,9-12,18H,8H2. The van der Waals surface area contributed by atoms with Gasteiger partial charge in [0.05, 0.1) is 9.52 Å². The summed E-state index contributed by atoms with van der Waals surface area (Å²) in [4.78, 5) is 0. The van der Waals surface area contributed by atoms with Gasteiger partial charge in [0.2, 0.25) is 0 Å². The van der Waals surface area contributed by atoms with E-state index in [0.717, 1.165) is 15.9 Å². The van der Waals surface area contributed by atoms with Gasteiger partial charge in [0.25, 0.3) is 0 Å². The lowest BCUT2D eigenvalue weighted by Gasteiger charge is -2.13. The summed E-state index contributed by atoms with van der Waals surface area (Å²) in [5, 5.41) is 1.58. The van der Waals surface area contributed by atoms with E-state index in [1.54, 1.807) is 5.20 Å². The smallest absolute Gasteiger partial charge is 0.0809 e. The van der Waals surface area contributed by atoms with Crippen LogP contribution >= 0.6 is 0 Å². The van der Waals surface area contributed by atoms with E-state index >= 15 is 0 Å². The molecule has 0 aromatic heterocycles. The molecule has 2 aliphatic carbocycles. The van der Waals surface area contributed by atoms with Crippen molar-refractivity contribution in [3.63, 3.8) is 0 Å². The molecule has 1 heteroatoms. The molecule has 0 unspecified atom stereocenters. The van der Waals surface area contributed by atoms with Crippen LogP contribution in [-0.2, 0) is 0 Å². The van der Waals surface area contributed by atoms with Crippen molar-refractivity contribution in [2.75, 3.05) is 0 Å². The van der Waals surface area contributed by atoms with Crippen LogP contribution in [0, 0.1) is 0 Å². The van der Waals surface area contributed by atoms with Crippen molar-refractivity contribution in [2.24, 2.45) is 0 Å². The average Bonchev–Trinajstić information content (AvgIpc) is 3.08. The summed E-state index contributed by atoms with van der Waals surface area (Å²) in [5.74, 6) is 0. The SMILES string of the molecule is C1=CCC([Si]C2c3ccccc3-c3ccccc32)=C1. The Bertz CT molecular complexity index is 649. The van der Waals surface area contributed by atoms with Gasteiger partial charge in [0, 0.05) is 5.54 Å². The molecule has 2 radical (unpaired) electrons. The predicted molar refractivity (Wildman–Crippen MR) is 81.3 cm³/mol. The van der Waals surface area contributed by atoms with Crippen molar-refractivity contribution in [2.45, 2.75) is 12.0 Å². The van der Waals surface area contributed by atoms with E-state index in [1.165, 1.54) is 22.3 Å². The van der Waals surface area contributed by atoms with Crippen LogP contribution in [0.5, 0.6) is 0 Å². The zero-order valence-electron chi connectivity index (χ0n) is 10.6. The molecule has 0 saturated heterocycles. The van der Waals surface area contributed by atoms with E-state index in [-0.39, 0.29) is 0 Å². The fourth-order valence-electron chi connectivity index (χ4n) is 3.05. The number of hydrogen-bond acceptors (Lipinski definition) is 0. The molecule has 90 valence electrons. The highest BCUT2D eigenvalue weighted by Crippen LogP contribution is 2.44. The molecule has 4 rings (SSSR count). The Morgan fingerprint density at radius 2 is 1.47 bits per heavy atom. The van der Waals surface area contributed by atoms with Crippen LogP contribution in [0.4, 0.5) is 0 Å². The summed E-state index contributed by atoms with van der Waals surface area (Å²) < 4.78 is 0. The molecule has 2 aliphatic rings. The molecule has 0 aliphatic heterocycles. The van der Waals surface area contributed by atoms with E-state index in [9.17, 15) is 0 Å². The average molecular weight is 258 g/mol. The third-order valence-corrected chi connectivity index (χ3v) is 5.59. The van der Waals surface area contributed by atoms with Crippen LogP contribution in [0.25, 0.3) is 11.1 Å². The Morgan fingerprint density at radius 1 is 0.842 bits per heavy atom. The quantitative estimate of drug-likeness (QED) is 0.704. The van der Waals surface area contributed by atoms with Crippen molar-refractivity contribution < 1.29 is 0 Å². The Balaban J connectivity index is 1.82. The van der Waals surface area contributed by atoms with Crippen molar-refractivity contribution in [3.8, 4) is 11.1 Å². The molecule has 0 spiro atoms. The van der Waals surface area contributed by atoms with E-state index < -0.39 is 0 Å². The minimum absolute atomic E-state index is 0.568. The molecule has 2 aromatic rings. The normalized spacial score (nSPS) is 16.3. The van der Waals surface area contributed by atoms with Crippen molar-refractivity contribution in [1.82, 2.24) is 0 Å². The summed E-state index contributed by atoms with van der Waals surface area (Å²) in [6.45, 7) is 0. The third kappa shape index (κ3) is 1.73. The Labute approximate surface area is 116 Å². The zero-order chi connectivity index (χ0) is 12.7. The van der Waals surface area contributed by atoms with Crippen LogP contribution in [0.1, 0.15) is 23.1 Å². The lowest BCUT2D eigenvalue weighted by molar-refractivity contribution is 1.17. The summed E-state index contributed by atoms with van der Waals surface area (Å²) in [6, 6.07) is 17.8. The molecule has 0 nitrogen and oxygen atoms in total. The number of rotatable bonds is 2. The number of benzene rings is 2. The van der Waals surface area contributed by atoms with Gasteiger partial charge in [0.15, 0.2) is 0 Å². The van der Waals surface area contributed by atoms with Gasteiger partial charge < -0.3 is 0 Å². The summed E-state index contributed by atoms with van der Waals surface area (Å²) >= 11 is 0. The maximum absolute atomic E-state index is 2.30. The van der Waals surface area contributed by atoms with Gasteiger partial charge in [-0.1, -0.05) is 72.0 Å². The molecular weight excluding hydrogens is 244 g/mol. The molecule has 0 atom stereocenters. The molecule has 0 fully saturated rings. The molecular formula is C18H14Si. The van der Waals surface area contributed by atoms with Gasteiger partial charge in [-0.15, -0.1) is 0 Å². The molecule has 0 amide bonds. The highest BCUT2D eigenvalue weighted by Gasteiger charge is 2.28. The summed E-state index contributed by atoms with van der Waals surface area (Å²) in [7, 11) is 0.872. The topological polar surface area (TPSA) is 0 Å². The minimum atomic E-state index is 0.568. The lowest BCUT2D eigenvalue weighted by atomic mass is 10.1. The van der Waals surface area contributed by atoms with E-state index in [2.05, 4.69) is 66.8 Å². The van der Waals surface area contributed by atoms with Gasteiger partial charge in [0.1, 0.15) is 0 Å². The van der Waals surface area contributed by atoms with Crippen LogP contribution in [0.3, 0.4) is 0 Å². The molecule has 0 heterocycles. The first-order valence-electron chi connectivity index (χ1n) is 6.74. The first-order chi connectivity index (χ1) is 9.43. The van der Waals surface area contributed by atoms with E-state index in [0.29, 0.717) is 5.54 Å². The first-order valence-corrected chi connectivity index (χ1v) is 7.82. The molecule has 0 saturated carbocycles. The molecule has 19 heavy (non-hydrogen) atoms. The highest BCUT2D eigenvalue weighted by atomic mass is 28.2. The minimum Gasteiger partial charge on any atom is -0.0809 e. The summed E-state index contributed by atoms with van der Waals surface area (Å²) in [5.41, 5.74) is 6.45. The largest absolute Gasteiger partial charge is 0.0896 e. The number of fused-ring (bicyclic) bond motifs is 3. The van der Waals surface area contributed by atoms with Gasteiger partial charge in [-0.3, -0.25) is 0 Å². The van der Waals surface area contributed by atoms with E-state index in [4.69, 9.17) is 0 Å². The molecule has 2 aromatic carbocycles. The second-order valence-corrected chi connectivity index (χ2v) is 6.58. The fraction of sp³-hybridized carbons (Fsp3) is 0.111. The first kappa shape index (κ1) is 11.0. The van der Waals surface area contributed by atoms with Crippen LogP contribution in [0.15, 0.2) is 72.0 Å². The fourth-order valence-corrected chi connectivity index (χ4v) is 4.66. The van der Waals surface area contributed by atoms with Gasteiger partial charge in [-0.2, -0.15) is 0 Å². The number of hydrogen-bond donors (Lipinski definition) is 0. The Kier molecular flexibility index (Phi) is 2.52. The molecule has 0 bridgehead atoms. The maximum Gasteiger partial charge on any atom is 0.0896 e. The van der Waals surface area contributed by atoms with Crippen LogP contribution in [0.2, 0.25) is 0 Å². The van der Waals surface area contributed by atoms with Crippen molar-refractivity contribution in [1.29, 1.82) is 0 Å². The zero-order valence-corrected chi connectivity index (χ0v) is 11.6. The predicted octanol–water partition coefficient (Wildman–Crippen LogP) is 4.30. The molecule has 0 N–H and O–H groups in total. The van der Waals surface area contributed by atoms with E-state index in [1.807, 2.05) is 0 Å². The Hall–Kier alpha value is -1.86. The van der Waals surface area contributed by atoms with Crippen LogP contribution in [-0.4, -0.2) is 9.52 Å². The lowest BCUT2D eigenvalue weighted by Crippen LogP contribution is -2.09. The van der Waals surface area contributed by atoms with Gasteiger partial charge >= 0.3 is 0 Å². The van der Waals surface area contributed by atoms with Gasteiger partial charge in [-0.05, 0) is 28.7 Å². The highest BCUT2D eigenvalue weighted by molar-refractivity contribution is 6.49. The monoisotopic (exact) mass is 258 g/mol. The summed E-state index contributed by atoms with van der Waals surface area (Å²) in [6.07, 6.45) is 7.88. The Morgan fingerprint density at radius 3 is 2.05 bits per heavy atom. The maximum atomic E-state index is 2.30. The van der Waals surface area contributed by atoms with Gasteiger partial charge in [-0.25, -0.2) is 0 Å². The van der Waals surface area contributed by atoms with Crippen molar-refractivity contribution >= 4 is 9.52 Å².